The predicted octanol–water partition coefficient (Wildman–Crippen LogP) is 3.92. The maximum atomic E-state index is 5.90. The van der Waals surface area contributed by atoms with Crippen molar-refractivity contribution >= 4 is 16.6 Å². The number of nitrogens with zero attached hydrogens (tertiary/aromatic N) is 1. The lowest BCUT2D eigenvalue weighted by atomic mass is 9.81. The molecule has 1 aliphatic carbocycles. The summed E-state index contributed by atoms with van der Waals surface area (Å²) in [6, 6.07) is 8.78. The van der Waals surface area contributed by atoms with E-state index in [4.69, 9.17) is 9.47 Å². The fraction of sp³-hybridized carbons (Fsp3) is 0.526. The molecule has 4 heteroatoms. The quantitative estimate of drug-likeness (QED) is 0.933. The molecule has 1 saturated heterocycles. The van der Waals surface area contributed by atoms with E-state index in [-0.39, 0.29) is 0 Å². The van der Waals surface area contributed by atoms with Gasteiger partial charge in [-0.25, -0.2) is 4.98 Å². The number of nitrogens with one attached hydrogen (secondary N) is 1. The number of para-hydroxylation sites is 1. The minimum atomic E-state index is 0.449. The van der Waals surface area contributed by atoms with Crippen LogP contribution in [0.4, 0.5) is 5.69 Å². The lowest BCUT2D eigenvalue weighted by Gasteiger charge is -2.34. The Morgan fingerprint density at radius 1 is 1.26 bits per heavy atom. The number of aromatic nitrogens is 1. The summed E-state index contributed by atoms with van der Waals surface area (Å²) in [7, 11) is 1.70. The van der Waals surface area contributed by atoms with E-state index >= 15 is 0 Å². The van der Waals surface area contributed by atoms with Crippen LogP contribution in [0.25, 0.3) is 10.9 Å². The van der Waals surface area contributed by atoms with E-state index in [1.807, 2.05) is 19.1 Å². The van der Waals surface area contributed by atoms with Gasteiger partial charge in [-0.3, -0.25) is 0 Å². The van der Waals surface area contributed by atoms with Crippen LogP contribution in [-0.2, 0) is 4.74 Å². The molecule has 2 aromatic rings. The number of hydrogen-bond acceptors (Lipinski definition) is 4. The molecule has 3 atom stereocenters. The molecule has 0 amide bonds. The molecule has 2 fully saturated rings. The molecular weight excluding hydrogens is 288 g/mol. The Bertz CT molecular complexity index is 716. The zero-order valence-electron chi connectivity index (χ0n) is 13.8. The van der Waals surface area contributed by atoms with Crippen LogP contribution in [0.1, 0.15) is 31.4 Å². The molecule has 1 aromatic heterocycles. The third-order valence-corrected chi connectivity index (χ3v) is 5.27. The SMILES string of the molecule is COc1cccc2c(NC3CCCC4OCCC34)cc(C)nc12. The summed E-state index contributed by atoms with van der Waals surface area (Å²) in [6.07, 6.45) is 5.30. The highest BCUT2D eigenvalue weighted by Crippen LogP contribution is 2.38. The van der Waals surface area contributed by atoms with Crippen LogP contribution in [0, 0.1) is 12.8 Å². The van der Waals surface area contributed by atoms with Gasteiger partial charge in [-0.1, -0.05) is 12.1 Å². The van der Waals surface area contributed by atoms with Crippen LogP contribution in [0.15, 0.2) is 24.3 Å². The molecule has 122 valence electrons. The second-order valence-electron chi connectivity index (χ2n) is 6.71. The van der Waals surface area contributed by atoms with Gasteiger partial charge in [-0.2, -0.15) is 0 Å². The summed E-state index contributed by atoms with van der Waals surface area (Å²) < 4.78 is 11.4. The minimum Gasteiger partial charge on any atom is -0.494 e. The third kappa shape index (κ3) is 2.65. The summed E-state index contributed by atoms with van der Waals surface area (Å²) in [6.45, 7) is 2.96. The normalized spacial score (nSPS) is 27.0. The molecule has 4 rings (SSSR count). The van der Waals surface area contributed by atoms with Crippen LogP contribution >= 0.6 is 0 Å². The molecule has 0 bridgehead atoms. The summed E-state index contributed by atoms with van der Waals surface area (Å²) in [5.74, 6) is 1.47. The number of aryl methyl sites for hydroxylation is 1. The second kappa shape index (κ2) is 6.00. The Morgan fingerprint density at radius 2 is 2.17 bits per heavy atom. The van der Waals surface area contributed by atoms with Crippen molar-refractivity contribution < 1.29 is 9.47 Å². The van der Waals surface area contributed by atoms with Gasteiger partial charge in [0.25, 0.3) is 0 Å². The van der Waals surface area contributed by atoms with Gasteiger partial charge in [0.1, 0.15) is 11.3 Å². The number of fused-ring (bicyclic) bond motifs is 2. The third-order valence-electron chi connectivity index (χ3n) is 5.27. The van der Waals surface area contributed by atoms with Crippen molar-refractivity contribution in [3.05, 3.63) is 30.0 Å². The first kappa shape index (κ1) is 14.8. The van der Waals surface area contributed by atoms with Crippen molar-refractivity contribution in [1.29, 1.82) is 0 Å². The van der Waals surface area contributed by atoms with Gasteiger partial charge in [-0.05, 0) is 44.7 Å². The monoisotopic (exact) mass is 312 g/mol. The van der Waals surface area contributed by atoms with Crippen molar-refractivity contribution in [2.45, 2.75) is 44.8 Å². The van der Waals surface area contributed by atoms with Crippen molar-refractivity contribution in [2.75, 3.05) is 19.0 Å². The fourth-order valence-corrected chi connectivity index (χ4v) is 4.19. The number of rotatable bonds is 3. The van der Waals surface area contributed by atoms with Gasteiger partial charge in [0.2, 0.25) is 0 Å². The summed E-state index contributed by atoms with van der Waals surface area (Å²) in [5, 5.41) is 4.95. The van der Waals surface area contributed by atoms with Crippen molar-refractivity contribution in [3.63, 3.8) is 0 Å². The maximum absolute atomic E-state index is 5.90. The highest BCUT2D eigenvalue weighted by Gasteiger charge is 2.37. The molecule has 2 aliphatic rings. The van der Waals surface area contributed by atoms with Crippen LogP contribution in [0.5, 0.6) is 5.75 Å². The lowest BCUT2D eigenvalue weighted by Crippen LogP contribution is -2.38. The van der Waals surface area contributed by atoms with E-state index in [9.17, 15) is 0 Å². The van der Waals surface area contributed by atoms with Crippen LogP contribution < -0.4 is 10.1 Å². The van der Waals surface area contributed by atoms with Gasteiger partial charge in [-0.15, -0.1) is 0 Å². The topological polar surface area (TPSA) is 43.4 Å². The first-order valence-electron chi connectivity index (χ1n) is 8.59. The molecule has 1 aromatic carbocycles. The number of anilines is 1. The Balaban J connectivity index is 1.71. The Labute approximate surface area is 137 Å². The molecule has 1 N–H and O–H groups in total. The highest BCUT2D eigenvalue weighted by molar-refractivity contribution is 5.95. The number of hydrogen-bond donors (Lipinski definition) is 1. The zero-order chi connectivity index (χ0) is 15.8. The van der Waals surface area contributed by atoms with Gasteiger partial charge in [0.15, 0.2) is 0 Å². The standard InChI is InChI=1S/C19H24N2O2/c1-12-11-16(14-5-3-8-18(22-2)19(14)20-12)21-15-6-4-7-17-13(15)9-10-23-17/h3,5,8,11,13,15,17H,4,6-7,9-10H2,1-2H3,(H,20,21). The van der Waals surface area contributed by atoms with E-state index in [1.54, 1.807) is 7.11 Å². The van der Waals surface area contributed by atoms with E-state index in [1.165, 1.54) is 31.4 Å². The van der Waals surface area contributed by atoms with E-state index in [2.05, 4.69) is 22.4 Å². The van der Waals surface area contributed by atoms with Gasteiger partial charge in [0.05, 0.1) is 13.2 Å². The first-order valence-corrected chi connectivity index (χ1v) is 8.59. The molecule has 4 nitrogen and oxygen atoms in total. The lowest BCUT2D eigenvalue weighted by molar-refractivity contribution is 0.0620. The predicted molar refractivity (Wildman–Crippen MR) is 92.1 cm³/mol. The van der Waals surface area contributed by atoms with Crippen molar-refractivity contribution in [1.82, 2.24) is 4.98 Å². The number of ether oxygens (including phenoxy) is 2. The second-order valence-corrected chi connectivity index (χ2v) is 6.71. The van der Waals surface area contributed by atoms with Gasteiger partial charge >= 0.3 is 0 Å². The average Bonchev–Trinajstić information content (AvgIpc) is 3.04. The highest BCUT2D eigenvalue weighted by atomic mass is 16.5. The molecule has 23 heavy (non-hydrogen) atoms. The summed E-state index contributed by atoms with van der Waals surface area (Å²) in [5.41, 5.74) is 3.12. The molecule has 0 radical (unpaired) electrons. The van der Waals surface area contributed by atoms with Crippen LogP contribution in [0.3, 0.4) is 0 Å². The van der Waals surface area contributed by atoms with Gasteiger partial charge in [0, 0.05) is 35.3 Å². The first-order chi connectivity index (χ1) is 11.3. The summed E-state index contributed by atoms with van der Waals surface area (Å²) in [4.78, 5) is 4.68. The van der Waals surface area contributed by atoms with Crippen molar-refractivity contribution in [3.8, 4) is 5.75 Å². The Morgan fingerprint density at radius 3 is 3.04 bits per heavy atom. The number of methoxy groups -OCH3 is 1. The Kier molecular flexibility index (Phi) is 3.85. The molecule has 1 aliphatic heterocycles. The Hall–Kier alpha value is -1.81. The van der Waals surface area contributed by atoms with E-state index in [0.29, 0.717) is 18.1 Å². The fourth-order valence-electron chi connectivity index (χ4n) is 4.19. The molecule has 1 saturated carbocycles. The van der Waals surface area contributed by atoms with Gasteiger partial charge < -0.3 is 14.8 Å². The molecule has 2 heterocycles. The van der Waals surface area contributed by atoms with Crippen molar-refractivity contribution in [2.24, 2.45) is 5.92 Å². The zero-order valence-corrected chi connectivity index (χ0v) is 13.8. The molecular formula is C19H24N2O2. The minimum absolute atomic E-state index is 0.449. The summed E-state index contributed by atoms with van der Waals surface area (Å²) >= 11 is 0. The van der Waals surface area contributed by atoms with E-state index < -0.39 is 0 Å². The largest absolute Gasteiger partial charge is 0.494 e. The van der Waals surface area contributed by atoms with Crippen LogP contribution in [-0.4, -0.2) is 30.8 Å². The molecule has 3 unspecified atom stereocenters. The smallest absolute Gasteiger partial charge is 0.145 e. The maximum Gasteiger partial charge on any atom is 0.145 e. The number of benzene rings is 1. The molecule has 0 spiro atoms. The van der Waals surface area contributed by atoms with E-state index in [0.717, 1.165) is 29.0 Å². The number of pyridine rings is 1. The average molecular weight is 312 g/mol. The van der Waals surface area contributed by atoms with Crippen LogP contribution in [0.2, 0.25) is 0 Å².